The van der Waals surface area contributed by atoms with E-state index in [2.05, 4.69) is 5.32 Å². The summed E-state index contributed by atoms with van der Waals surface area (Å²) in [5.74, 6) is -4.54. The van der Waals surface area contributed by atoms with Crippen molar-refractivity contribution in [2.45, 2.75) is 13.0 Å². The monoisotopic (exact) mass is 450 g/mol. The Morgan fingerprint density at radius 1 is 0.909 bits per heavy atom. The molecule has 1 heterocycles. The lowest BCUT2D eigenvalue weighted by molar-refractivity contribution is -0.123. The summed E-state index contributed by atoms with van der Waals surface area (Å²) in [5.41, 5.74) is 0.414. The highest BCUT2D eigenvalue weighted by molar-refractivity contribution is 6.34. The van der Waals surface area contributed by atoms with E-state index in [1.807, 2.05) is 0 Å². The van der Waals surface area contributed by atoms with Gasteiger partial charge in [0.2, 0.25) is 0 Å². The van der Waals surface area contributed by atoms with E-state index in [0.717, 1.165) is 17.0 Å². The second-order valence-electron chi connectivity index (χ2n) is 7.20. The minimum Gasteiger partial charge on any atom is -0.449 e. The van der Waals surface area contributed by atoms with Crippen LogP contribution in [0.2, 0.25) is 0 Å². The van der Waals surface area contributed by atoms with Crippen molar-refractivity contribution < 1.29 is 32.7 Å². The maximum Gasteiger partial charge on any atom is 0.338 e. The molecule has 9 heteroatoms. The van der Waals surface area contributed by atoms with Gasteiger partial charge in [-0.3, -0.25) is 14.4 Å². The molecule has 0 bridgehead atoms. The molecule has 0 aliphatic carbocycles. The first kappa shape index (κ1) is 21.8. The van der Waals surface area contributed by atoms with Gasteiger partial charge in [-0.1, -0.05) is 18.2 Å². The van der Waals surface area contributed by atoms with Gasteiger partial charge in [-0.25, -0.2) is 18.5 Å². The standard InChI is InChI=1S/C24H16F2N2O5/c1-13(21(29)27-20-10-9-15(25)12-19(20)26)33-24(32)14-5-4-6-16(11-14)28-22(30)17-7-2-3-8-18(17)23(28)31/h2-13H,1H3,(H,27,29). The van der Waals surface area contributed by atoms with Gasteiger partial charge in [0.25, 0.3) is 17.7 Å². The number of nitrogens with one attached hydrogen (secondary N) is 1. The number of carbonyl (C=O) groups excluding carboxylic acids is 4. The molecule has 1 N–H and O–H groups in total. The van der Waals surface area contributed by atoms with Gasteiger partial charge in [-0.05, 0) is 49.4 Å². The van der Waals surface area contributed by atoms with E-state index in [-0.39, 0.29) is 28.1 Å². The maximum atomic E-state index is 13.7. The summed E-state index contributed by atoms with van der Waals surface area (Å²) in [6.45, 7) is 1.28. The van der Waals surface area contributed by atoms with E-state index < -0.39 is 41.4 Å². The van der Waals surface area contributed by atoms with Crippen molar-refractivity contribution in [2.24, 2.45) is 0 Å². The Morgan fingerprint density at radius 3 is 2.21 bits per heavy atom. The summed E-state index contributed by atoms with van der Waals surface area (Å²) in [5, 5.41) is 2.22. The van der Waals surface area contributed by atoms with Crippen molar-refractivity contribution in [1.82, 2.24) is 0 Å². The SMILES string of the molecule is CC(OC(=O)c1cccc(N2C(=O)c3ccccc3C2=O)c1)C(=O)Nc1ccc(F)cc1F. The Balaban J connectivity index is 1.47. The molecule has 3 aromatic rings. The summed E-state index contributed by atoms with van der Waals surface area (Å²) in [6, 6.07) is 14.6. The number of anilines is 2. The zero-order chi connectivity index (χ0) is 23.7. The van der Waals surface area contributed by atoms with E-state index in [4.69, 9.17) is 4.74 Å². The number of imide groups is 1. The van der Waals surface area contributed by atoms with Gasteiger partial charge in [0.1, 0.15) is 11.6 Å². The van der Waals surface area contributed by atoms with Crippen LogP contribution in [0.25, 0.3) is 0 Å². The smallest absolute Gasteiger partial charge is 0.338 e. The van der Waals surface area contributed by atoms with Gasteiger partial charge in [0, 0.05) is 6.07 Å². The van der Waals surface area contributed by atoms with Crippen molar-refractivity contribution in [1.29, 1.82) is 0 Å². The van der Waals surface area contributed by atoms with Crippen LogP contribution in [0.15, 0.2) is 66.7 Å². The molecule has 3 aromatic carbocycles. The quantitative estimate of drug-likeness (QED) is 0.469. The molecule has 0 fully saturated rings. The van der Waals surface area contributed by atoms with E-state index >= 15 is 0 Å². The van der Waals surface area contributed by atoms with Crippen LogP contribution < -0.4 is 10.2 Å². The highest BCUT2D eigenvalue weighted by Crippen LogP contribution is 2.29. The molecule has 0 spiro atoms. The van der Waals surface area contributed by atoms with Crippen LogP contribution in [0, 0.1) is 11.6 Å². The van der Waals surface area contributed by atoms with Gasteiger partial charge in [0.15, 0.2) is 6.10 Å². The van der Waals surface area contributed by atoms with E-state index in [1.165, 1.54) is 43.3 Å². The summed E-state index contributed by atoms with van der Waals surface area (Å²) in [6.07, 6.45) is -1.31. The second kappa shape index (κ2) is 8.62. The predicted molar refractivity (Wildman–Crippen MR) is 114 cm³/mol. The zero-order valence-electron chi connectivity index (χ0n) is 17.2. The molecule has 3 amide bonds. The van der Waals surface area contributed by atoms with Crippen LogP contribution in [0.5, 0.6) is 0 Å². The molecule has 1 atom stereocenters. The van der Waals surface area contributed by atoms with Crippen molar-refractivity contribution in [2.75, 3.05) is 10.2 Å². The fraction of sp³-hybridized carbons (Fsp3) is 0.0833. The molecule has 7 nitrogen and oxygen atoms in total. The van der Waals surface area contributed by atoms with Crippen molar-refractivity contribution >= 4 is 35.1 Å². The average Bonchev–Trinajstić information content (AvgIpc) is 3.06. The van der Waals surface area contributed by atoms with Crippen LogP contribution in [-0.2, 0) is 9.53 Å². The lowest BCUT2D eigenvalue weighted by atomic mass is 10.1. The van der Waals surface area contributed by atoms with Gasteiger partial charge in [-0.15, -0.1) is 0 Å². The highest BCUT2D eigenvalue weighted by atomic mass is 19.1. The molecule has 33 heavy (non-hydrogen) atoms. The molecule has 0 saturated carbocycles. The van der Waals surface area contributed by atoms with Gasteiger partial charge >= 0.3 is 5.97 Å². The Hall–Kier alpha value is -4.40. The third kappa shape index (κ3) is 4.20. The number of nitrogens with zero attached hydrogens (tertiary/aromatic N) is 1. The van der Waals surface area contributed by atoms with Gasteiger partial charge in [-0.2, -0.15) is 0 Å². The highest BCUT2D eigenvalue weighted by Gasteiger charge is 2.36. The van der Waals surface area contributed by atoms with E-state index in [0.29, 0.717) is 6.07 Å². The molecule has 166 valence electrons. The van der Waals surface area contributed by atoms with Crippen LogP contribution in [0.4, 0.5) is 20.2 Å². The second-order valence-corrected chi connectivity index (χ2v) is 7.20. The number of ether oxygens (including phenoxy) is 1. The Morgan fingerprint density at radius 2 is 1.58 bits per heavy atom. The molecule has 1 unspecified atom stereocenters. The first-order valence-electron chi connectivity index (χ1n) is 9.81. The van der Waals surface area contributed by atoms with Crippen molar-refractivity contribution in [3.63, 3.8) is 0 Å². The topological polar surface area (TPSA) is 92.8 Å². The number of benzene rings is 3. The maximum absolute atomic E-state index is 13.7. The van der Waals surface area contributed by atoms with E-state index in [9.17, 15) is 28.0 Å². The molecular formula is C24H16F2N2O5. The summed E-state index contributed by atoms with van der Waals surface area (Å²) >= 11 is 0. The average molecular weight is 450 g/mol. The number of fused-ring (bicyclic) bond motifs is 1. The predicted octanol–water partition coefficient (Wildman–Crippen LogP) is 3.95. The zero-order valence-corrected chi connectivity index (χ0v) is 17.2. The van der Waals surface area contributed by atoms with Crippen LogP contribution >= 0.6 is 0 Å². The molecule has 0 saturated heterocycles. The fourth-order valence-corrected chi connectivity index (χ4v) is 3.30. The number of halogens is 2. The first-order chi connectivity index (χ1) is 15.8. The largest absolute Gasteiger partial charge is 0.449 e. The minimum atomic E-state index is -1.31. The number of hydrogen-bond donors (Lipinski definition) is 1. The van der Waals surface area contributed by atoms with Crippen LogP contribution in [0.3, 0.4) is 0 Å². The lowest BCUT2D eigenvalue weighted by Crippen LogP contribution is -2.31. The van der Waals surface area contributed by atoms with Gasteiger partial charge < -0.3 is 10.1 Å². The summed E-state index contributed by atoms with van der Waals surface area (Å²) in [7, 11) is 0. The van der Waals surface area contributed by atoms with Crippen LogP contribution in [-0.4, -0.2) is 29.8 Å². The molecular weight excluding hydrogens is 434 g/mol. The number of esters is 1. The number of hydrogen-bond acceptors (Lipinski definition) is 5. The third-order valence-electron chi connectivity index (χ3n) is 4.98. The fourth-order valence-electron chi connectivity index (χ4n) is 3.30. The molecule has 1 aliphatic heterocycles. The van der Waals surface area contributed by atoms with Gasteiger partial charge in [0.05, 0.1) is 28.1 Å². The molecule has 1 aliphatic rings. The lowest BCUT2D eigenvalue weighted by Gasteiger charge is -2.16. The number of amides is 3. The molecule has 0 aromatic heterocycles. The van der Waals surface area contributed by atoms with Crippen molar-refractivity contribution in [3.8, 4) is 0 Å². The number of carbonyl (C=O) groups is 4. The first-order valence-corrected chi connectivity index (χ1v) is 9.81. The van der Waals surface area contributed by atoms with E-state index in [1.54, 1.807) is 12.1 Å². The Bertz CT molecular complexity index is 1270. The third-order valence-corrected chi connectivity index (χ3v) is 4.98. The number of rotatable bonds is 5. The minimum absolute atomic E-state index is 0.00308. The summed E-state index contributed by atoms with van der Waals surface area (Å²) in [4.78, 5) is 51.1. The Labute approximate surface area is 186 Å². The van der Waals surface area contributed by atoms with Crippen LogP contribution in [0.1, 0.15) is 38.0 Å². The van der Waals surface area contributed by atoms with Crippen molar-refractivity contribution in [3.05, 3.63) is 95.1 Å². The molecule has 0 radical (unpaired) electrons. The normalized spacial score (nSPS) is 13.5. The Kier molecular flexibility index (Phi) is 5.70. The summed E-state index contributed by atoms with van der Waals surface area (Å²) < 4.78 is 31.9. The molecule has 4 rings (SSSR count).